The summed E-state index contributed by atoms with van der Waals surface area (Å²) in [5.41, 5.74) is -0.424. The van der Waals surface area contributed by atoms with Gasteiger partial charge in [0.1, 0.15) is 10.6 Å². The molecule has 116 valence electrons. The number of nitro groups is 1. The monoisotopic (exact) mass is 340 g/mol. The first kappa shape index (κ1) is 16.3. The fourth-order valence-electron chi connectivity index (χ4n) is 1.75. The van der Waals surface area contributed by atoms with E-state index in [4.69, 9.17) is 11.6 Å². The number of halogens is 1. The average Bonchev–Trinajstić information content (AvgIpc) is 2.84. The zero-order valence-corrected chi connectivity index (χ0v) is 13.4. The van der Waals surface area contributed by atoms with Crippen LogP contribution in [0.3, 0.4) is 0 Å². The van der Waals surface area contributed by atoms with E-state index < -0.39 is 10.8 Å². The number of nitro benzene ring substituents is 1. The predicted molar refractivity (Wildman–Crippen MR) is 84.5 cm³/mol. The van der Waals surface area contributed by atoms with Gasteiger partial charge in [0.25, 0.3) is 11.6 Å². The van der Waals surface area contributed by atoms with Crippen LogP contribution in [-0.2, 0) is 6.42 Å². The van der Waals surface area contributed by atoms with Gasteiger partial charge in [-0.1, -0.05) is 36.8 Å². The first-order valence-corrected chi connectivity index (χ1v) is 7.64. The Morgan fingerprint density at radius 3 is 2.82 bits per heavy atom. The second-order valence-corrected chi connectivity index (χ2v) is 6.47. The molecule has 1 aromatic heterocycles. The van der Waals surface area contributed by atoms with E-state index in [1.807, 2.05) is 0 Å². The molecule has 0 bridgehead atoms. The van der Waals surface area contributed by atoms with Gasteiger partial charge in [-0.05, 0) is 18.1 Å². The molecule has 1 N–H and O–H groups in total. The summed E-state index contributed by atoms with van der Waals surface area (Å²) in [4.78, 5) is 22.5. The van der Waals surface area contributed by atoms with Gasteiger partial charge >= 0.3 is 0 Å². The molecule has 7 nitrogen and oxygen atoms in total. The van der Waals surface area contributed by atoms with E-state index in [-0.39, 0.29) is 16.3 Å². The Morgan fingerprint density at radius 1 is 1.45 bits per heavy atom. The largest absolute Gasteiger partial charge is 0.296 e. The van der Waals surface area contributed by atoms with Crippen LogP contribution in [0.15, 0.2) is 18.2 Å². The molecule has 2 rings (SSSR count). The molecule has 0 unspecified atom stereocenters. The zero-order valence-electron chi connectivity index (χ0n) is 11.9. The van der Waals surface area contributed by atoms with Crippen LogP contribution < -0.4 is 5.32 Å². The number of amides is 1. The van der Waals surface area contributed by atoms with Crippen molar-refractivity contribution in [2.45, 2.75) is 20.3 Å². The second-order valence-electron chi connectivity index (χ2n) is 4.97. The molecule has 0 saturated heterocycles. The van der Waals surface area contributed by atoms with Crippen LogP contribution >= 0.6 is 22.9 Å². The molecule has 0 radical (unpaired) electrons. The Kier molecular flexibility index (Phi) is 5.04. The predicted octanol–water partition coefficient (Wildman–Crippen LogP) is 3.55. The van der Waals surface area contributed by atoms with E-state index in [0.717, 1.165) is 17.5 Å². The molecule has 9 heteroatoms. The van der Waals surface area contributed by atoms with Crippen molar-refractivity contribution < 1.29 is 9.72 Å². The molecule has 0 aliphatic heterocycles. The van der Waals surface area contributed by atoms with Gasteiger partial charge in [0, 0.05) is 17.5 Å². The number of carbonyl (C=O) groups is 1. The van der Waals surface area contributed by atoms with Crippen LogP contribution in [0.5, 0.6) is 0 Å². The SMILES string of the molecule is CC(C)Cc1nnc(NC(=O)c2ccc(Cl)cc2[N+](=O)[O-])s1. The summed E-state index contributed by atoms with van der Waals surface area (Å²) < 4.78 is 0. The summed E-state index contributed by atoms with van der Waals surface area (Å²) in [6.45, 7) is 4.10. The number of nitrogens with one attached hydrogen (secondary N) is 1. The van der Waals surface area contributed by atoms with Crippen molar-refractivity contribution in [1.82, 2.24) is 10.2 Å². The van der Waals surface area contributed by atoms with E-state index in [1.54, 1.807) is 0 Å². The fourth-order valence-corrected chi connectivity index (χ4v) is 2.86. The van der Waals surface area contributed by atoms with Crippen molar-refractivity contribution in [3.63, 3.8) is 0 Å². The lowest BCUT2D eigenvalue weighted by Gasteiger charge is -2.03. The van der Waals surface area contributed by atoms with Crippen molar-refractivity contribution in [3.8, 4) is 0 Å². The number of benzene rings is 1. The van der Waals surface area contributed by atoms with E-state index in [0.29, 0.717) is 11.0 Å². The van der Waals surface area contributed by atoms with Gasteiger partial charge in [-0.2, -0.15) is 0 Å². The Labute approximate surface area is 135 Å². The zero-order chi connectivity index (χ0) is 16.3. The minimum absolute atomic E-state index is 0.0741. The van der Waals surface area contributed by atoms with Gasteiger partial charge < -0.3 is 0 Å². The Balaban J connectivity index is 2.19. The lowest BCUT2D eigenvalue weighted by molar-refractivity contribution is -0.385. The first-order valence-electron chi connectivity index (χ1n) is 6.44. The maximum absolute atomic E-state index is 12.2. The maximum Gasteiger partial charge on any atom is 0.283 e. The molecule has 0 aliphatic rings. The Hall–Kier alpha value is -2.06. The molecule has 0 fully saturated rings. The van der Waals surface area contributed by atoms with Crippen molar-refractivity contribution in [3.05, 3.63) is 43.9 Å². The van der Waals surface area contributed by atoms with Gasteiger partial charge in [0.15, 0.2) is 0 Å². The van der Waals surface area contributed by atoms with Crippen molar-refractivity contribution >= 4 is 39.7 Å². The van der Waals surface area contributed by atoms with E-state index in [1.165, 1.54) is 23.5 Å². The molecular weight excluding hydrogens is 328 g/mol. The van der Waals surface area contributed by atoms with Crippen LogP contribution in [-0.4, -0.2) is 21.0 Å². The third kappa shape index (κ3) is 3.99. The van der Waals surface area contributed by atoms with Gasteiger partial charge in [-0.15, -0.1) is 10.2 Å². The number of hydrogen-bond acceptors (Lipinski definition) is 6. The normalized spacial score (nSPS) is 10.7. The first-order chi connectivity index (χ1) is 10.4. The Morgan fingerprint density at radius 2 is 2.18 bits per heavy atom. The minimum Gasteiger partial charge on any atom is -0.296 e. The van der Waals surface area contributed by atoms with Crippen LogP contribution in [0.4, 0.5) is 10.8 Å². The number of hydrogen-bond donors (Lipinski definition) is 1. The number of nitrogens with zero attached hydrogens (tertiary/aromatic N) is 3. The summed E-state index contributed by atoms with van der Waals surface area (Å²) in [7, 11) is 0. The van der Waals surface area contributed by atoms with Gasteiger partial charge in [0.05, 0.1) is 4.92 Å². The standard InChI is InChI=1S/C13H13ClN4O3S/c1-7(2)5-11-16-17-13(22-11)15-12(19)9-4-3-8(14)6-10(9)18(20)21/h3-4,6-7H,5H2,1-2H3,(H,15,17,19). The highest BCUT2D eigenvalue weighted by molar-refractivity contribution is 7.15. The molecule has 0 saturated carbocycles. The molecule has 1 aromatic carbocycles. The summed E-state index contributed by atoms with van der Waals surface area (Å²) in [5, 5.41) is 22.7. The number of rotatable bonds is 5. The molecule has 0 aliphatic carbocycles. The van der Waals surface area contributed by atoms with Crippen molar-refractivity contribution in [2.24, 2.45) is 5.92 Å². The number of carbonyl (C=O) groups excluding carboxylic acids is 1. The molecule has 1 heterocycles. The highest BCUT2D eigenvalue weighted by Gasteiger charge is 2.21. The summed E-state index contributed by atoms with van der Waals surface area (Å²) >= 11 is 6.97. The van der Waals surface area contributed by atoms with Crippen molar-refractivity contribution in [2.75, 3.05) is 5.32 Å². The molecular formula is C13H13ClN4O3S. The Bertz CT molecular complexity index is 717. The number of aromatic nitrogens is 2. The lowest BCUT2D eigenvalue weighted by Crippen LogP contribution is -2.13. The molecule has 0 spiro atoms. The van der Waals surface area contributed by atoms with Crippen LogP contribution in [0.25, 0.3) is 0 Å². The van der Waals surface area contributed by atoms with Gasteiger partial charge in [-0.3, -0.25) is 20.2 Å². The maximum atomic E-state index is 12.2. The smallest absolute Gasteiger partial charge is 0.283 e. The van der Waals surface area contributed by atoms with E-state index in [9.17, 15) is 14.9 Å². The summed E-state index contributed by atoms with van der Waals surface area (Å²) in [5.74, 6) is -0.190. The van der Waals surface area contributed by atoms with Crippen molar-refractivity contribution in [1.29, 1.82) is 0 Å². The average molecular weight is 341 g/mol. The fraction of sp³-hybridized carbons (Fsp3) is 0.308. The van der Waals surface area contributed by atoms with Crippen LogP contribution in [0, 0.1) is 16.0 Å². The van der Waals surface area contributed by atoms with Crippen LogP contribution in [0.1, 0.15) is 29.2 Å². The van der Waals surface area contributed by atoms with Gasteiger partial charge in [-0.25, -0.2) is 0 Å². The van der Waals surface area contributed by atoms with E-state index in [2.05, 4.69) is 29.4 Å². The lowest BCUT2D eigenvalue weighted by atomic mass is 10.1. The molecule has 1 amide bonds. The van der Waals surface area contributed by atoms with Gasteiger partial charge in [0.2, 0.25) is 5.13 Å². The summed E-state index contributed by atoms with van der Waals surface area (Å²) in [6.07, 6.45) is 0.759. The second kappa shape index (κ2) is 6.80. The highest BCUT2D eigenvalue weighted by Crippen LogP contribution is 2.25. The topological polar surface area (TPSA) is 98.0 Å². The quantitative estimate of drug-likeness (QED) is 0.663. The van der Waals surface area contributed by atoms with E-state index >= 15 is 0 Å². The molecule has 0 atom stereocenters. The van der Waals surface area contributed by atoms with Crippen LogP contribution in [0.2, 0.25) is 5.02 Å². The third-order valence-electron chi connectivity index (χ3n) is 2.67. The molecule has 22 heavy (non-hydrogen) atoms. The third-order valence-corrected chi connectivity index (χ3v) is 3.77. The molecule has 2 aromatic rings. The highest BCUT2D eigenvalue weighted by atomic mass is 35.5. The number of anilines is 1. The minimum atomic E-state index is -0.648. The summed E-state index contributed by atoms with van der Waals surface area (Å²) in [6, 6.07) is 3.88.